The quantitative estimate of drug-likeness (QED) is 0.0933. The molecule has 0 aliphatic rings. The summed E-state index contributed by atoms with van der Waals surface area (Å²) in [6, 6.07) is 8.82. The SMILES string of the molecule is C=C[C@H](OC)[C@H](OC(=O)c1ccccc1)[C@@H](C)[C@@H](O[Si](C)(C)C(C)(C)C)[C@H](C)C(=O)C[C@@H](O)[C@H](C)[C@H](O[Si](C)(C)C(C)(C)C)C(C)C. The maximum absolute atomic E-state index is 14.1. The number of ketones is 1. The molecule has 9 heteroatoms. The molecular formula is C38H68O7Si2. The summed E-state index contributed by atoms with van der Waals surface area (Å²) in [5.74, 6) is -1.72. The minimum atomic E-state index is -2.42. The maximum Gasteiger partial charge on any atom is 0.338 e. The largest absolute Gasteiger partial charge is 0.455 e. The Morgan fingerprint density at radius 1 is 0.809 bits per heavy atom. The highest BCUT2D eigenvalue weighted by molar-refractivity contribution is 6.74. The van der Waals surface area contributed by atoms with E-state index in [1.54, 1.807) is 37.5 Å². The van der Waals surface area contributed by atoms with Gasteiger partial charge in [-0.2, -0.15) is 0 Å². The molecule has 0 aliphatic heterocycles. The van der Waals surface area contributed by atoms with Gasteiger partial charge in [-0.1, -0.05) is 100 Å². The van der Waals surface area contributed by atoms with Crippen LogP contribution in [0.2, 0.25) is 36.3 Å². The van der Waals surface area contributed by atoms with Crippen LogP contribution in [0.15, 0.2) is 43.0 Å². The van der Waals surface area contributed by atoms with Gasteiger partial charge in [0.05, 0.1) is 23.9 Å². The van der Waals surface area contributed by atoms with Crippen molar-refractivity contribution in [3.05, 3.63) is 48.6 Å². The van der Waals surface area contributed by atoms with E-state index in [9.17, 15) is 14.7 Å². The van der Waals surface area contributed by atoms with E-state index >= 15 is 0 Å². The van der Waals surface area contributed by atoms with E-state index in [2.05, 4.69) is 88.2 Å². The molecule has 0 saturated carbocycles. The fourth-order valence-electron chi connectivity index (χ4n) is 5.32. The molecule has 1 N–H and O–H groups in total. The van der Waals surface area contributed by atoms with Crippen molar-refractivity contribution in [2.75, 3.05) is 7.11 Å². The number of rotatable bonds is 18. The zero-order chi connectivity index (χ0) is 36.7. The molecule has 1 aromatic rings. The Kier molecular flexibility index (Phi) is 16.0. The highest BCUT2D eigenvalue weighted by atomic mass is 28.4. The monoisotopic (exact) mass is 692 g/mol. The summed E-state index contributed by atoms with van der Waals surface area (Å²) in [5.41, 5.74) is 0.423. The first kappa shape index (κ1) is 43.4. The lowest BCUT2D eigenvalue weighted by Crippen LogP contribution is -2.53. The normalized spacial score (nSPS) is 18.4. The number of Topliss-reactive ketones (excluding diaryl/α,β-unsaturated/α-hetero) is 1. The average molecular weight is 693 g/mol. The third-order valence-corrected chi connectivity index (χ3v) is 19.7. The Hall–Kier alpha value is -1.63. The van der Waals surface area contributed by atoms with E-state index < -0.39 is 58.9 Å². The second-order valence-electron chi connectivity index (χ2n) is 16.8. The second kappa shape index (κ2) is 17.3. The lowest BCUT2D eigenvalue weighted by Gasteiger charge is -2.45. The summed E-state index contributed by atoms with van der Waals surface area (Å²) in [7, 11) is -2.99. The van der Waals surface area contributed by atoms with Gasteiger partial charge in [0.15, 0.2) is 16.6 Å². The van der Waals surface area contributed by atoms with Crippen molar-refractivity contribution in [2.24, 2.45) is 23.7 Å². The number of hydrogen-bond acceptors (Lipinski definition) is 7. The third kappa shape index (κ3) is 11.7. The summed E-state index contributed by atoms with van der Waals surface area (Å²) in [6.07, 6.45) is -1.50. The molecule has 8 atom stereocenters. The summed E-state index contributed by atoms with van der Waals surface area (Å²) >= 11 is 0. The number of esters is 1. The van der Waals surface area contributed by atoms with Crippen LogP contribution in [0, 0.1) is 23.7 Å². The first-order valence-corrected chi connectivity index (χ1v) is 23.1. The van der Waals surface area contributed by atoms with Crippen LogP contribution in [0.4, 0.5) is 0 Å². The summed E-state index contributed by atoms with van der Waals surface area (Å²) in [5, 5.41) is 11.4. The van der Waals surface area contributed by atoms with Gasteiger partial charge in [0.1, 0.15) is 18.0 Å². The molecule has 0 unspecified atom stereocenters. The Labute approximate surface area is 289 Å². The van der Waals surface area contributed by atoms with Gasteiger partial charge in [-0.05, 0) is 54.3 Å². The van der Waals surface area contributed by atoms with Crippen LogP contribution in [0.1, 0.15) is 92.9 Å². The van der Waals surface area contributed by atoms with Gasteiger partial charge in [-0.3, -0.25) is 4.79 Å². The van der Waals surface area contributed by atoms with Gasteiger partial charge < -0.3 is 23.4 Å². The molecule has 47 heavy (non-hydrogen) atoms. The molecule has 0 saturated heterocycles. The van der Waals surface area contributed by atoms with Crippen LogP contribution in [0.25, 0.3) is 0 Å². The van der Waals surface area contributed by atoms with Gasteiger partial charge in [0.2, 0.25) is 0 Å². The predicted molar refractivity (Wildman–Crippen MR) is 199 cm³/mol. The van der Waals surface area contributed by atoms with E-state index in [-0.39, 0.29) is 40.2 Å². The minimum absolute atomic E-state index is 0.0194. The third-order valence-electron chi connectivity index (χ3n) is 10.8. The average Bonchev–Trinajstić information content (AvgIpc) is 2.96. The number of benzene rings is 1. The maximum atomic E-state index is 14.1. The van der Waals surface area contributed by atoms with Crippen molar-refractivity contribution in [3.63, 3.8) is 0 Å². The van der Waals surface area contributed by atoms with Crippen LogP contribution in [0.3, 0.4) is 0 Å². The van der Waals surface area contributed by atoms with Crippen molar-refractivity contribution in [1.29, 1.82) is 0 Å². The topological polar surface area (TPSA) is 91.3 Å². The molecule has 0 spiro atoms. The van der Waals surface area contributed by atoms with E-state index in [4.69, 9.17) is 18.3 Å². The van der Waals surface area contributed by atoms with Crippen LogP contribution >= 0.6 is 0 Å². The molecule has 0 radical (unpaired) electrons. The molecule has 270 valence electrons. The highest BCUT2D eigenvalue weighted by Gasteiger charge is 2.47. The molecular weight excluding hydrogens is 625 g/mol. The van der Waals surface area contributed by atoms with Crippen LogP contribution in [-0.2, 0) is 23.1 Å². The Morgan fingerprint density at radius 2 is 1.28 bits per heavy atom. The minimum Gasteiger partial charge on any atom is -0.455 e. The number of carbonyl (C=O) groups is 2. The molecule has 0 amide bonds. The lowest BCUT2D eigenvalue weighted by atomic mass is 9.81. The number of hydrogen-bond donors (Lipinski definition) is 1. The van der Waals surface area contributed by atoms with E-state index in [1.165, 1.54) is 0 Å². The summed E-state index contributed by atoms with van der Waals surface area (Å²) in [6.45, 7) is 35.8. The number of ether oxygens (including phenoxy) is 2. The number of aliphatic hydroxyl groups is 1. The molecule has 0 aromatic heterocycles. The molecule has 1 aromatic carbocycles. The molecule has 1 rings (SSSR count). The van der Waals surface area contributed by atoms with Crippen molar-refractivity contribution >= 4 is 28.4 Å². The first-order chi connectivity index (χ1) is 21.3. The zero-order valence-corrected chi connectivity index (χ0v) is 34.5. The standard InChI is InChI=1S/C38H68O7Si2/c1-18-32(42-13)35(43-36(41)29-22-20-19-21-23-29)28(6)34(45-47(16,17)38(10,11)12)27(5)31(40)24-30(39)26(4)33(25(2)3)44-46(14,15)37(7,8)9/h18-23,25-28,30,32-35,39H,1,24H2,2-17H3/t26-,27+,28-,30+,32-,33+,34-,35+/m0/s1. The van der Waals surface area contributed by atoms with Gasteiger partial charge in [-0.25, -0.2) is 4.79 Å². The van der Waals surface area contributed by atoms with Crippen LogP contribution in [-0.4, -0.2) is 71.1 Å². The Balaban J connectivity index is 3.48. The zero-order valence-electron chi connectivity index (χ0n) is 32.5. The fraction of sp³-hybridized carbons (Fsp3) is 0.737. The van der Waals surface area contributed by atoms with E-state index in [1.807, 2.05) is 26.8 Å². The number of aliphatic hydroxyl groups excluding tert-OH is 1. The number of methoxy groups -OCH3 is 1. The van der Waals surface area contributed by atoms with Gasteiger partial charge in [-0.15, -0.1) is 6.58 Å². The van der Waals surface area contributed by atoms with Crippen molar-refractivity contribution in [1.82, 2.24) is 0 Å². The van der Waals surface area contributed by atoms with Crippen LogP contribution < -0.4 is 0 Å². The van der Waals surface area contributed by atoms with Gasteiger partial charge in [0, 0.05) is 31.3 Å². The summed E-state index contributed by atoms with van der Waals surface area (Å²) in [4.78, 5) is 27.4. The number of carbonyl (C=O) groups excluding carboxylic acids is 2. The first-order valence-electron chi connectivity index (χ1n) is 17.3. The van der Waals surface area contributed by atoms with Crippen molar-refractivity contribution in [3.8, 4) is 0 Å². The highest BCUT2D eigenvalue weighted by Crippen LogP contribution is 2.42. The second-order valence-corrected chi connectivity index (χ2v) is 26.4. The van der Waals surface area contributed by atoms with E-state index in [0.717, 1.165) is 0 Å². The molecule has 0 fully saturated rings. The van der Waals surface area contributed by atoms with Crippen molar-refractivity contribution in [2.45, 2.75) is 149 Å². The molecule has 0 bridgehead atoms. The fourth-order valence-corrected chi connectivity index (χ4v) is 8.29. The molecule has 7 nitrogen and oxygen atoms in total. The Bertz CT molecular complexity index is 1140. The van der Waals surface area contributed by atoms with Gasteiger partial charge >= 0.3 is 5.97 Å². The smallest absolute Gasteiger partial charge is 0.338 e. The molecule has 0 heterocycles. The van der Waals surface area contributed by atoms with E-state index in [0.29, 0.717) is 5.56 Å². The molecule has 0 aliphatic carbocycles. The summed E-state index contributed by atoms with van der Waals surface area (Å²) < 4.78 is 25.7. The Morgan fingerprint density at radius 3 is 1.68 bits per heavy atom. The van der Waals surface area contributed by atoms with Gasteiger partial charge in [0.25, 0.3) is 0 Å². The van der Waals surface area contributed by atoms with Crippen LogP contribution in [0.5, 0.6) is 0 Å². The van der Waals surface area contributed by atoms with Crippen molar-refractivity contribution < 1.29 is 33.0 Å². The lowest BCUT2D eigenvalue weighted by molar-refractivity contribution is -0.132. The predicted octanol–water partition coefficient (Wildman–Crippen LogP) is 9.08.